The van der Waals surface area contributed by atoms with Crippen LogP contribution in [0.25, 0.3) is 0 Å². The molecule has 20 heavy (non-hydrogen) atoms. The summed E-state index contributed by atoms with van der Waals surface area (Å²) in [4.78, 5) is 22.8. The summed E-state index contributed by atoms with van der Waals surface area (Å²) in [5.74, 6) is -0.978. The Labute approximate surface area is 121 Å². The standard InChI is InChI=1S/C15H28N2O3/c1-15(2,3)9-11(16)8-13(18)17-12-6-4-10(5-7-12)14(19)20/h10-12H,4-9,16H2,1-3H3,(H,17,18)(H,19,20). The lowest BCUT2D eigenvalue weighted by Gasteiger charge is -2.28. The molecule has 0 heterocycles. The van der Waals surface area contributed by atoms with Gasteiger partial charge in [-0.2, -0.15) is 0 Å². The molecule has 0 radical (unpaired) electrons. The number of carboxylic acids is 1. The average Bonchev–Trinajstić information content (AvgIpc) is 2.26. The van der Waals surface area contributed by atoms with Crippen LogP contribution in [0.2, 0.25) is 0 Å². The number of carboxylic acid groups (broad SMARTS) is 1. The molecule has 0 aromatic carbocycles. The Morgan fingerprint density at radius 3 is 2.25 bits per heavy atom. The molecule has 5 nitrogen and oxygen atoms in total. The van der Waals surface area contributed by atoms with Gasteiger partial charge in [0.05, 0.1) is 5.92 Å². The van der Waals surface area contributed by atoms with Gasteiger partial charge in [0, 0.05) is 18.5 Å². The van der Waals surface area contributed by atoms with Crippen molar-refractivity contribution in [3.05, 3.63) is 0 Å². The average molecular weight is 284 g/mol. The minimum absolute atomic E-state index is 0.0134. The molecule has 1 aliphatic carbocycles. The molecule has 0 saturated heterocycles. The van der Waals surface area contributed by atoms with E-state index in [0.717, 1.165) is 19.3 Å². The molecular weight excluding hydrogens is 256 g/mol. The molecule has 4 N–H and O–H groups in total. The van der Waals surface area contributed by atoms with Crippen molar-refractivity contribution in [2.24, 2.45) is 17.1 Å². The summed E-state index contributed by atoms with van der Waals surface area (Å²) in [6.07, 6.45) is 3.94. The van der Waals surface area contributed by atoms with Crippen molar-refractivity contribution in [2.45, 2.75) is 71.4 Å². The van der Waals surface area contributed by atoms with Crippen molar-refractivity contribution in [1.29, 1.82) is 0 Å². The van der Waals surface area contributed by atoms with Crippen molar-refractivity contribution in [2.75, 3.05) is 0 Å². The summed E-state index contributed by atoms with van der Waals surface area (Å²) in [5.41, 5.74) is 6.11. The summed E-state index contributed by atoms with van der Waals surface area (Å²) in [7, 11) is 0. The minimum atomic E-state index is -0.720. The molecule has 1 atom stereocenters. The molecule has 1 aliphatic rings. The summed E-state index contributed by atoms with van der Waals surface area (Å²) in [6.45, 7) is 6.33. The second-order valence-electron chi connectivity index (χ2n) is 7.18. The highest BCUT2D eigenvalue weighted by Gasteiger charge is 2.27. The number of carbonyl (C=O) groups excluding carboxylic acids is 1. The maximum atomic E-state index is 11.9. The van der Waals surface area contributed by atoms with Gasteiger partial charge in [-0.05, 0) is 37.5 Å². The predicted molar refractivity (Wildman–Crippen MR) is 78.2 cm³/mol. The zero-order valence-corrected chi connectivity index (χ0v) is 12.8. The van der Waals surface area contributed by atoms with Gasteiger partial charge in [-0.1, -0.05) is 20.8 Å². The molecule has 0 aliphatic heterocycles. The van der Waals surface area contributed by atoms with Gasteiger partial charge in [0.2, 0.25) is 5.91 Å². The van der Waals surface area contributed by atoms with Crippen LogP contribution in [0.3, 0.4) is 0 Å². The minimum Gasteiger partial charge on any atom is -0.481 e. The smallest absolute Gasteiger partial charge is 0.306 e. The van der Waals surface area contributed by atoms with Gasteiger partial charge >= 0.3 is 5.97 Å². The fourth-order valence-electron chi connectivity index (χ4n) is 2.87. The molecule has 0 aromatic rings. The molecule has 5 heteroatoms. The van der Waals surface area contributed by atoms with E-state index in [4.69, 9.17) is 10.8 Å². The van der Waals surface area contributed by atoms with Crippen LogP contribution in [0.4, 0.5) is 0 Å². The van der Waals surface area contributed by atoms with Crippen LogP contribution in [-0.4, -0.2) is 29.1 Å². The molecule has 1 unspecified atom stereocenters. The number of rotatable bonds is 5. The third kappa shape index (κ3) is 6.37. The maximum absolute atomic E-state index is 11.9. The largest absolute Gasteiger partial charge is 0.481 e. The number of hydrogen-bond acceptors (Lipinski definition) is 3. The van der Waals surface area contributed by atoms with Gasteiger partial charge in [-0.3, -0.25) is 9.59 Å². The van der Waals surface area contributed by atoms with Gasteiger partial charge in [0.1, 0.15) is 0 Å². The third-order valence-corrected chi connectivity index (χ3v) is 3.76. The number of hydrogen-bond donors (Lipinski definition) is 3. The molecule has 0 aromatic heterocycles. The van der Waals surface area contributed by atoms with Crippen molar-refractivity contribution >= 4 is 11.9 Å². The van der Waals surface area contributed by atoms with Crippen LogP contribution in [0.5, 0.6) is 0 Å². The lowest BCUT2D eigenvalue weighted by molar-refractivity contribution is -0.142. The van der Waals surface area contributed by atoms with Crippen LogP contribution in [0.1, 0.15) is 59.3 Å². The highest BCUT2D eigenvalue weighted by molar-refractivity contribution is 5.77. The number of carbonyl (C=O) groups is 2. The summed E-state index contributed by atoms with van der Waals surface area (Å²) < 4.78 is 0. The highest BCUT2D eigenvalue weighted by Crippen LogP contribution is 2.25. The Morgan fingerprint density at radius 1 is 1.25 bits per heavy atom. The van der Waals surface area contributed by atoms with Gasteiger partial charge in [-0.15, -0.1) is 0 Å². The summed E-state index contributed by atoms with van der Waals surface area (Å²) in [5, 5.41) is 11.9. The molecule has 1 fully saturated rings. The van der Waals surface area contributed by atoms with Gasteiger partial charge in [0.25, 0.3) is 0 Å². The number of nitrogens with one attached hydrogen (secondary N) is 1. The van der Waals surface area contributed by atoms with E-state index in [0.29, 0.717) is 19.3 Å². The second kappa shape index (κ2) is 7.07. The zero-order chi connectivity index (χ0) is 15.3. The van der Waals surface area contributed by atoms with Gasteiger partial charge < -0.3 is 16.2 Å². The number of aliphatic carboxylic acids is 1. The Balaban J connectivity index is 2.28. The third-order valence-electron chi connectivity index (χ3n) is 3.76. The quantitative estimate of drug-likeness (QED) is 0.719. The first-order valence-electron chi connectivity index (χ1n) is 7.45. The second-order valence-corrected chi connectivity index (χ2v) is 7.18. The van der Waals surface area contributed by atoms with Crippen molar-refractivity contribution in [1.82, 2.24) is 5.32 Å². The zero-order valence-electron chi connectivity index (χ0n) is 12.8. The van der Waals surface area contributed by atoms with Crippen molar-refractivity contribution in [3.63, 3.8) is 0 Å². The number of amides is 1. The molecule has 1 saturated carbocycles. The lowest BCUT2D eigenvalue weighted by atomic mass is 9.85. The van der Waals surface area contributed by atoms with E-state index in [1.54, 1.807) is 0 Å². The molecule has 1 amide bonds. The van der Waals surface area contributed by atoms with Crippen LogP contribution >= 0.6 is 0 Å². The molecule has 0 bridgehead atoms. The van der Waals surface area contributed by atoms with Crippen LogP contribution < -0.4 is 11.1 Å². The molecule has 1 rings (SSSR count). The van der Waals surface area contributed by atoms with Crippen molar-refractivity contribution in [3.8, 4) is 0 Å². The normalized spacial score (nSPS) is 25.0. The van der Waals surface area contributed by atoms with E-state index < -0.39 is 5.97 Å². The topological polar surface area (TPSA) is 92.4 Å². The van der Waals surface area contributed by atoms with Crippen LogP contribution in [0, 0.1) is 11.3 Å². The Bertz CT molecular complexity index is 342. The summed E-state index contributed by atoms with van der Waals surface area (Å²) in [6, 6.07) is -0.00899. The first kappa shape index (κ1) is 17.0. The number of nitrogens with two attached hydrogens (primary N) is 1. The van der Waals surface area contributed by atoms with Gasteiger partial charge in [0.15, 0.2) is 0 Å². The molecule has 116 valence electrons. The SMILES string of the molecule is CC(C)(C)CC(N)CC(=O)NC1CCC(C(=O)O)CC1. The van der Waals surface area contributed by atoms with Crippen molar-refractivity contribution < 1.29 is 14.7 Å². The van der Waals surface area contributed by atoms with E-state index in [1.165, 1.54) is 0 Å². The first-order chi connectivity index (χ1) is 9.17. The van der Waals surface area contributed by atoms with E-state index >= 15 is 0 Å². The molecular formula is C15H28N2O3. The van der Waals surface area contributed by atoms with E-state index in [-0.39, 0.29) is 29.3 Å². The van der Waals surface area contributed by atoms with Crippen LogP contribution in [0.15, 0.2) is 0 Å². The van der Waals surface area contributed by atoms with Crippen LogP contribution in [-0.2, 0) is 9.59 Å². The van der Waals surface area contributed by atoms with Gasteiger partial charge in [-0.25, -0.2) is 0 Å². The Kier molecular flexibility index (Phi) is 5.99. The predicted octanol–water partition coefficient (Wildman–Crippen LogP) is 1.90. The fourth-order valence-corrected chi connectivity index (χ4v) is 2.87. The first-order valence-corrected chi connectivity index (χ1v) is 7.45. The Hall–Kier alpha value is -1.10. The highest BCUT2D eigenvalue weighted by atomic mass is 16.4. The monoisotopic (exact) mass is 284 g/mol. The summed E-state index contributed by atoms with van der Waals surface area (Å²) >= 11 is 0. The molecule has 0 spiro atoms. The Morgan fingerprint density at radius 2 is 1.80 bits per heavy atom. The van der Waals surface area contributed by atoms with E-state index in [9.17, 15) is 9.59 Å². The maximum Gasteiger partial charge on any atom is 0.306 e. The lowest BCUT2D eigenvalue weighted by Crippen LogP contribution is -2.41. The van der Waals surface area contributed by atoms with E-state index in [1.807, 2.05) is 0 Å². The van der Waals surface area contributed by atoms with E-state index in [2.05, 4.69) is 26.1 Å². The fraction of sp³-hybridized carbons (Fsp3) is 0.867.